The molecule has 0 unspecified atom stereocenters. The number of hydrogen-bond acceptors (Lipinski definition) is 4. The van der Waals surface area contributed by atoms with Gasteiger partial charge in [0.15, 0.2) is 0 Å². The van der Waals surface area contributed by atoms with Crippen molar-refractivity contribution < 1.29 is 9.53 Å². The SMILES string of the molecule is CCCCOC(=O)C(C#N)=Cc1cccnc1. The van der Waals surface area contributed by atoms with E-state index >= 15 is 0 Å². The quantitative estimate of drug-likeness (QED) is 0.337. The maximum Gasteiger partial charge on any atom is 0.348 e. The molecule has 0 aromatic carbocycles. The van der Waals surface area contributed by atoms with E-state index in [0.717, 1.165) is 12.8 Å². The minimum atomic E-state index is -0.579. The molecule has 0 atom stereocenters. The Balaban J connectivity index is 2.69. The maximum atomic E-state index is 11.5. The molecule has 1 rings (SSSR count). The molecule has 0 spiro atoms. The molecule has 0 N–H and O–H groups in total. The number of esters is 1. The molecule has 4 heteroatoms. The number of carbonyl (C=O) groups excluding carboxylic acids is 1. The lowest BCUT2D eigenvalue weighted by atomic mass is 10.2. The number of ether oxygens (including phenoxy) is 1. The van der Waals surface area contributed by atoms with Crippen LogP contribution >= 0.6 is 0 Å². The third-order valence-corrected chi connectivity index (χ3v) is 2.07. The number of nitriles is 1. The van der Waals surface area contributed by atoms with E-state index in [9.17, 15) is 4.79 Å². The van der Waals surface area contributed by atoms with Crippen molar-refractivity contribution in [3.8, 4) is 6.07 Å². The van der Waals surface area contributed by atoms with Gasteiger partial charge in [-0.15, -0.1) is 0 Å². The summed E-state index contributed by atoms with van der Waals surface area (Å²) in [6.07, 6.45) is 6.43. The van der Waals surface area contributed by atoms with Crippen molar-refractivity contribution in [2.45, 2.75) is 19.8 Å². The molecule has 1 aromatic rings. The van der Waals surface area contributed by atoms with Crippen molar-refractivity contribution in [2.75, 3.05) is 6.61 Å². The molecule has 17 heavy (non-hydrogen) atoms. The molecular formula is C13H14N2O2. The first-order valence-electron chi connectivity index (χ1n) is 5.47. The van der Waals surface area contributed by atoms with E-state index in [1.807, 2.05) is 13.0 Å². The normalized spacial score (nSPS) is 10.7. The highest BCUT2D eigenvalue weighted by molar-refractivity contribution is 5.97. The van der Waals surface area contributed by atoms with Crippen LogP contribution in [0.3, 0.4) is 0 Å². The van der Waals surface area contributed by atoms with Crippen LogP contribution in [0.1, 0.15) is 25.3 Å². The molecule has 0 radical (unpaired) electrons. The summed E-state index contributed by atoms with van der Waals surface area (Å²) in [5, 5.41) is 8.87. The Bertz CT molecular complexity index is 432. The Morgan fingerprint density at radius 3 is 3.06 bits per heavy atom. The molecule has 0 saturated heterocycles. The van der Waals surface area contributed by atoms with E-state index in [4.69, 9.17) is 10.00 Å². The Morgan fingerprint density at radius 1 is 1.65 bits per heavy atom. The van der Waals surface area contributed by atoms with Gasteiger partial charge in [0, 0.05) is 12.4 Å². The highest BCUT2D eigenvalue weighted by Crippen LogP contribution is 2.06. The highest BCUT2D eigenvalue weighted by Gasteiger charge is 2.09. The second kappa shape index (κ2) is 7.18. The van der Waals surface area contributed by atoms with Gasteiger partial charge in [0.05, 0.1) is 6.61 Å². The topological polar surface area (TPSA) is 63.0 Å². The Hall–Kier alpha value is -2.15. The number of pyridine rings is 1. The molecule has 0 bridgehead atoms. The molecule has 0 aliphatic rings. The summed E-state index contributed by atoms with van der Waals surface area (Å²) in [6, 6.07) is 5.34. The highest BCUT2D eigenvalue weighted by atomic mass is 16.5. The zero-order valence-electron chi connectivity index (χ0n) is 9.72. The van der Waals surface area contributed by atoms with Crippen LogP contribution in [0, 0.1) is 11.3 Å². The zero-order valence-corrected chi connectivity index (χ0v) is 9.72. The number of aromatic nitrogens is 1. The van der Waals surface area contributed by atoms with Crippen molar-refractivity contribution in [3.05, 3.63) is 35.7 Å². The largest absolute Gasteiger partial charge is 0.462 e. The number of nitrogens with zero attached hydrogens (tertiary/aromatic N) is 2. The maximum absolute atomic E-state index is 11.5. The van der Waals surface area contributed by atoms with E-state index < -0.39 is 5.97 Å². The van der Waals surface area contributed by atoms with E-state index in [0.29, 0.717) is 12.2 Å². The minimum Gasteiger partial charge on any atom is -0.462 e. The first-order valence-corrected chi connectivity index (χ1v) is 5.47. The number of carbonyl (C=O) groups is 1. The molecule has 1 aromatic heterocycles. The van der Waals surface area contributed by atoms with Crippen LogP contribution in [0.4, 0.5) is 0 Å². The van der Waals surface area contributed by atoms with Crippen LogP contribution < -0.4 is 0 Å². The summed E-state index contributed by atoms with van der Waals surface area (Å²) in [4.78, 5) is 15.4. The van der Waals surface area contributed by atoms with Crippen LogP contribution in [0.15, 0.2) is 30.1 Å². The Labute approximate surface area is 101 Å². The standard InChI is InChI=1S/C13H14N2O2/c1-2-3-7-17-13(16)12(9-14)8-11-5-4-6-15-10-11/h4-6,8,10H,2-3,7H2,1H3. The molecule has 0 aliphatic heterocycles. The van der Waals surface area contributed by atoms with Gasteiger partial charge in [0.25, 0.3) is 0 Å². The van der Waals surface area contributed by atoms with Crippen molar-refractivity contribution >= 4 is 12.0 Å². The van der Waals surface area contributed by atoms with E-state index in [-0.39, 0.29) is 5.57 Å². The van der Waals surface area contributed by atoms with Gasteiger partial charge in [-0.25, -0.2) is 4.79 Å². The lowest BCUT2D eigenvalue weighted by molar-refractivity contribution is -0.138. The first-order chi connectivity index (χ1) is 8.27. The molecule has 88 valence electrons. The van der Waals surface area contributed by atoms with Crippen molar-refractivity contribution in [2.24, 2.45) is 0 Å². The fraction of sp³-hybridized carbons (Fsp3) is 0.308. The Morgan fingerprint density at radius 2 is 2.47 bits per heavy atom. The van der Waals surface area contributed by atoms with Gasteiger partial charge in [0.2, 0.25) is 0 Å². The first kappa shape index (κ1) is 12.9. The van der Waals surface area contributed by atoms with Gasteiger partial charge < -0.3 is 4.74 Å². The molecule has 0 saturated carbocycles. The lowest BCUT2D eigenvalue weighted by Crippen LogP contribution is -2.07. The molecule has 0 amide bonds. The summed E-state index contributed by atoms with van der Waals surface area (Å²) in [5.74, 6) is -0.579. The van der Waals surface area contributed by atoms with Crippen molar-refractivity contribution in [1.82, 2.24) is 4.98 Å². The fourth-order valence-corrected chi connectivity index (χ4v) is 1.15. The summed E-state index contributed by atoms with van der Waals surface area (Å²) >= 11 is 0. The molecule has 0 aliphatic carbocycles. The third kappa shape index (κ3) is 4.47. The second-order valence-electron chi connectivity index (χ2n) is 3.45. The van der Waals surface area contributed by atoms with Gasteiger partial charge in [-0.3, -0.25) is 4.98 Å². The minimum absolute atomic E-state index is 0.00546. The molecule has 0 fully saturated rings. The van der Waals surface area contributed by atoms with Crippen LogP contribution in [-0.2, 0) is 9.53 Å². The van der Waals surface area contributed by atoms with E-state index in [1.54, 1.807) is 24.5 Å². The van der Waals surface area contributed by atoms with Crippen molar-refractivity contribution in [3.63, 3.8) is 0 Å². The van der Waals surface area contributed by atoms with E-state index in [1.165, 1.54) is 6.08 Å². The molecule has 1 heterocycles. The predicted octanol–water partition coefficient (Wildman–Crippen LogP) is 2.33. The van der Waals surface area contributed by atoms with Crippen LogP contribution in [0.2, 0.25) is 0 Å². The molecule has 4 nitrogen and oxygen atoms in total. The number of rotatable bonds is 5. The smallest absolute Gasteiger partial charge is 0.348 e. The van der Waals surface area contributed by atoms with E-state index in [2.05, 4.69) is 4.98 Å². The summed E-state index contributed by atoms with van der Waals surface area (Å²) < 4.78 is 4.96. The number of unbranched alkanes of at least 4 members (excludes halogenated alkanes) is 1. The van der Waals surface area contributed by atoms with Gasteiger partial charge in [-0.05, 0) is 24.1 Å². The second-order valence-corrected chi connectivity index (χ2v) is 3.45. The van der Waals surface area contributed by atoms with Gasteiger partial charge in [-0.1, -0.05) is 19.4 Å². The van der Waals surface area contributed by atoms with Crippen LogP contribution in [0.25, 0.3) is 6.08 Å². The monoisotopic (exact) mass is 230 g/mol. The van der Waals surface area contributed by atoms with Crippen LogP contribution in [-0.4, -0.2) is 17.6 Å². The average Bonchev–Trinajstić information content (AvgIpc) is 2.37. The van der Waals surface area contributed by atoms with Crippen LogP contribution in [0.5, 0.6) is 0 Å². The average molecular weight is 230 g/mol. The van der Waals surface area contributed by atoms with Crippen molar-refractivity contribution in [1.29, 1.82) is 5.26 Å². The third-order valence-electron chi connectivity index (χ3n) is 2.07. The summed E-state index contributed by atoms with van der Waals surface area (Å²) in [6.45, 7) is 2.35. The van der Waals surface area contributed by atoms with Gasteiger partial charge in [0.1, 0.15) is 11.6 Å². The number of hydrogen-bond donors (Lipinski definition) is 0. The predicted molar refractivity (Wildman–Crippen MR) is 63.7 cm³/mol. The lowest BCUT2D eigenvalue weighted by Gasteiger charge is -2.02. The summed E-state index contributed by atoms with van der Waals surface area (Å²) in [5.41, 5.74) is 0.700. The Kier molecular flexibility index (Phi) is 5.45. The van der Waals surface area contributed by atoms with Gasteiger partial charge in [-0.2, -0.15) is 5.26 Å². The zero-order chi connectivity index (χ0) is 12.5. The summed E-state index contributed by atoms with van der Waals surface area (Å²) in [7, 11) is 0. The molecular weight excluding hydrogens is 216 g/mol. The fourth-order valence-electron chi connectivity index (χ4n) is 1.15. The van der Waals surface area contributed by atoms with Gasteiger partial charge >= 0.3 is 5.97 Å².